The Labute approximate surface area is 195 Å². The van der Waals surface area contributed by atoms with E-state index in [4.69, 9.17) is 9.40 Å². The quantitative estimate of drug-likeness (QED) is 0.419. The molecular formula is C25H33N5OS. The zero-order chi connectivity index (χ0) is 22.6. The monoisotopic (exact) mass is 451 g/mol. The van der Waals surface area contributed by atoms with Gasteiger partial charge in [0.15, 0.2) is 12.2 Å². The van der Waals surface area contributed by atoms with Gasteiger partial charge in [0.1, 0.15) is 5.82 Å². The molecule has 1 aliphatic rings. The summed E-state index contributed by atoms with van der Waals surface area (Å²) in [6.07, 6.45) is 5.56. The molecule has 0 spiro atoms. The molecule has 6 nitrogen and oxygen atoms in total. The topological polar surface area (TPSA) is 66.2 Å². The lowest BCUT2D eigenvalue weighted by molar-refractivity contribution is 0.339. The molecule has 2 aromatic heterocycles. The average molecular weight is 452 g/mol. The number of nitrogens with one attached hydrogen (secondary N) is 2. The maximum absolute atomic E-state index is 5.39. The molecule has 4 rings (SSSR count). The van der Waals surface area contributed by atoms with Gasteiger partial charge in [0.2, 0.25) is 0 Å². The molecule has 0 amide bonds. The molecule has 7 heteroatoms. The molecule has 1 atom stereocenters. The molecule has 1 unspecified atom stereocenters. The minimum Gasteiger partial charge on any atom is -0.444 e. The number of nitrogens with zero attached hydrogens (tertiary/aromatic N) is 3. The van der Waals surface area contributed by atoms with Crippen molar-refractivity contribution in [3.05, 3.63) is 54.7 Å². The Kier molecular flexibility index (Phi) is 7.06. The van der Waals surface area contributed by atoms with Gasteiger partial charge in [-0.1, -0.05) is 32.9 Å². The molecule has 0 saturated carbocycles. The molecule has 0 aliphatic carbocycles. The zero-order valence-electron chi connectivity index (χ0n) is 19.4. The lowest BCUT2D eigenvalue weighted by Gasteiger charge is -2.31. The standard InChI is InChI=1S/C25H33N5OS/c1-25(2,3)16-28-22-12-11-21(29-24(22)26-4)19-6-5-13-30(15-19)32-20-9-7-18(8-10-20)23-14-27-17-31-23/h7-12,14,17,19,28H,5-6,13,15-16H2,1-4H3,(H,26,29). The van der Waals surface area contributed by atoms with Crippen LogP contribution in [0.15, 0.2) is 58.3 Å². The van der Waals surface area contributed by atoms with Gasteiger partial charge in [0.05, 0.1) is 11.9 Å². The highest BCUT2D eigenvalue weighted by Gasteiger charge is 2.24. The van der Waals surface area contributed by atoms with Crippen molar-refractivity contribution in [3.63, 3.8) is 0 Å². The first-order chi connectivity index (χ1) is 15.4. The van der Waals surface area contributed by atoms with Crippen molar-refractivity contribution in [3.8, 4) is 11.3 Å². The van der Waals surface area contributed by atoms with E-state index in [0.717, 1.165) is 42.5 Å². The number of rotatable bonds is 7. The fourth-order valence-electron chi connectivity index (χ4n) is 3.85. The number of benzene rings is 1. The van der Waals surface area contributed by atoms with Gasteiger partial charge >= 0.3 is 0 Å². The van der Waals surface area contributed by atoms with Crippen LogP contribution in [0.25, 0.3) is 11.3 Å². The fraction of sp³-hybridized carbons (Fsp3) is 0.440. The van der Waals surface area contributed by atoms with Gasteiger partial charge in [-0.2, -0.15) is 0 Å². The Morgan fingerprint density at radius 3 is 2.66 bits per heavy atom. The molecule has 1 fully saturated rings. The van der Waals surface area contributed by atoms with E-state index >= 15 is 0 Å². The largest absolute Gasteiger partial charge is 0.444 e. The predicted octanol–water partition coefficient (Wildman–Crippen LogP) is 6.12. The van der Waals surface area contributed by atoms with Gasteiger partial charge in [-0.15, -0.1) is 0 Å². The van der Waals surface area contributed by atoms with Crippen LogP contribution in [0.3, 0.4) is 0 Å². The summed E-state index contributed by atoms with van der Waals surface area (Å²) in [6, 6.07) is 12.9. The summed E-state index contributed by atoms with van der Waals surface area (Å²) < 4.78 is 7.85. The van der Waals surface area contributed by atoms with Crippen molar-refractivity contribution in [1.29, 1.82) is 0 Å². The minimum atomic E-state index is 0.220. The first-order valence-electron chi connectivity index (χ1n) is 11.3. The Morgan fingerprint density at radius 1 is 1.16 bits per heavy atom. The summed E-state index contributed by atoms with van der Waals surface area (Å²) >= 11 is 1.82. The molecule has 1 aliphatic heterocycles. The van der Waals surface area contributed by atoms with Crippen LogP contribution in [0.1, 0.15) is 45.2 Å². The van der Waals surface area contributed by atoms with Crippen molar-refractivity contribution in [2.45, 2.75) is 44.4 Å². The molecule has 170 valence electrons. The summed E-state index contributed by atoms with van der Waals surface area (Å²) in [5.74, 6) is 2.17. The highest BCUT2D eigenvalue weighted by atomic mass is 32.2. The van der Waals surface area contributed by atoms with Crippen LogP contribution in [-0.4, -0.2) is 41.0 Å². The highest BCUT2D eigenvalue weighted by Crippen LogP contribution is 2.34. The Balaban J connectivity index is 1.40. The van der Waals surface area contributed by atoms with E-state index in [1.54, 1.807) is 6.20 Å². The predicted molar refractivity (Wildman–Crippen MR) is 133 cm³/mol. The van der Waals surface area contributed by atoms with Gasteiger partial charge in [-0.3, -0.25) is 0 Å². The summed E-state index contributed by atoms with van der Waals surface area (Å²) in [5.41, 5.74) is 3.51. The number of piperidine rings is 1. The van der Waals surface area contributed by atoms with Crippen LogP contribution in [0, 0.1) is 5.41 Å². The van der Waals surface area contributed by atoms with Crippen LogP contribution in [-0.2, 0) is 0 Å². The number of oxazole rings is 1. The molecule has 0 bridgehead atoms. The molecule has 32 heavy (non-hydrogen) atoms. The van der Waals surface area contributed by atoms with Crippen LogP contribution < -0.4 is 10.6 Å². The minimum absolute atomic E-state index is 0.220. The maximum atomic E-state index is 5.39. The van der Waals surface area contributed by atoms with Gasteiger partial charge in [-0.25, -0.2) is 14.3 Å². The fourth-order valence-corrected chi connectivity index (χ4v) is 4.88. The van der Waals surface area contributed by atoms with Gasteiger partial charge < -0.3 is 15.1 Å². The molecule has 1 aromatic carbocycles. The molecule has 0 radical (unpaired) electrons. The first kappa shape index (κ1) is 22.7. The smallest absolute Gasteiger partial charge is 0.181 e. The number of hydrogen-bond donors (Lipinski definition) is 2. The van der Waals surface area contributed by atoms with Gasteiger partial charge in [-0.05, 0) is 54.5 Å². The molecule has 3 heterocycles. The van der Waals surface area contributed by atoms with Crippen molar-refractivity contribution in [2.24, 2.45) is 5.41 Å². The Morgan fingerprint density at radius 2 is 1.97 bits per heavy atom. The van der Waals surface area contributed by atoms with Crippen molar-refractivity contribution < 1.29 is 4.42 Å². The van der Waals surface area contributed by atoms with Crippen molar-refractivity contribution in [2.75, 3.05) is 37.3 Å². The van der Waals surface area contributed by atoms with Crippen LogP contribution in [0.4, 0.5) is 11.5 Å². The second kappa shape index (κ2) is 9.96. The SMILES string of the molecule is CNc1nc(C2CCCN(Sc3ccc(-c4cnco4)cc3)C2)ccc1NCC(C)(C)C. The summed E-state index contributed by atoms with van der Waals surface area (Å²) in [7, 11) is 1.94. The lowest BCUT2D eigenvalue weighted by Crippen LogP contribution is -2.29. The summed E-state index contributed by atoms with van der Waals surface area (Å²) in [4.78, 5) is 10.2. The van der Waals surface area contributed by atoms with Crippen molar-refractivity contribution in [1.82, 2.24) is 14.3 Å². The van der Waals surface area contributed by atoms with Crippen LogP contribution >= 0.6 is 11.9 Å². The van der Waals surface area contributed by atoms with E-state index < -0.39 is 0 Å². The third-order valence-electron chi connectivity index (χ3n) is 5.57. The summed E-state index contributed by atoms with van der Waals surface area (Å²) in [5, 5.41) is 6.81. The summed E-state index contributed by atoms with van der Waals surface area (Å²) in [6.45, 7) is 9.70. The molecular weight excluding hydrogens is 418 g/mol. The van der Waals surface area contributed by atoms with Gasteiger partial charge in [0.25, 0.3) is 0 Å². The van der Waals surface area contributed by atoms with E-state index in [2.05, 4.69) is 77.1 Å². The average Bonchev–Trinajstić information content (AvgIpc) is 3.33. The Hall–Kier alpha value is -2.51. The highest BCUT2D eigenvalue weighted by molar-refractivity contribution is 7.97. The van der Waals surface area contributed by atoms with E-state index in [1.165, 1.54) is 29.8 Å². The normalized spacial score (nSPS) is 17.3. The number of pyridine rings is 1. The van der Waals surface area contributed by atoms with E-state index in [0.29, 0.717) is 5.92 Å². The third kappa shape index (κ3) is 5.84. The Bertz CT molecular complexity index is 998. The second-order valence-electron chi connectivity index (χ2n) is 9.50. The van der Waals surface area contributed by atoms with Crippen LogP contribution in [0.2, 0.25) is 0 Å². The van der Waals surface area contributed by atoms with E-state index in [1.807, 2.05) is 19.0 Å². The lowest BCUT2D eigenvalue weighted by atomic mass is 9.95. The third-order valence-corrected chi connectivity index (χ3v) is 6.64. The number of anilines is 2. The number of hydrogen-bond acceptors (Lipinski definition) is 7. The van der Waals surface area contributed by atoms with E-state index in [-0.39, 0.29) is 5.41 Å². The van der Waals surface area contributed by atoms with Crippen LogP contribution in [0.5, 0.6) is 0 Å². The molecule has 1 saturated heterocycles. The molecule has 3 aromatic rings. The second-order valence-corrected chi connectivity index (χ2v) is 10.7. The molecule has 2 N–H and O–H groups in total. The van der Waals surface area contributed by atoms with Gasteiger partial charge in [0, 0.05) is 48.8 Å². The maximum Gasteiger partial charge on any atom is 0.181 e. The number of aromatic nitrogens is 2. The van der Waals surface area contributed by atoms with E-state index in [9.17, 15) is 0 Å². The first-order valence-corrected chi connectivity index (χ1v) is 12.0. The zero-order valence-corrected chi connectivity index (χ0v) is 20.2. The van der Waals surface area contributed by atoms with Crippen molar-refractivity contribution >= 4 is 23.5 Å².